The molecule has 110 valence electrons. The van der Waals surface area contributed by atoms with E-state index in [2.05, 4.69) is 15.3 Å². The van der Waals surface area contributed by atoms with Crippen molar-refractivity contribution in [2.45, 2.75) is 25.3 Å². The Morgan fingerprint density at radius 1 is 1.65 bits per heavy atom. The average Bonchev–Trinajstić information content (AvgIpc) is 2.99. The van der Waals surface area contributed by atoms with Gasteiger partial charge in [-0.25, -0.2) is 9.78 Å². The van der Waals surface area contributed by atoms with E-state index < -0.39 is 12.0 Å². The number of carbonyl (C=O) groups is 2. The molecule has 0 spiro atoms. The van der Waals surface area contributed by atoms with Crippen molar-refractivity contribution in [2.24, 2.45) is 5.92 Å². The lowest BCUT2D eigenvalue weighted by Gasteiger charge is -2.23. The van der Waals surface area contributed by atoms with E-state index in [-0.39, 0.29) is 11.8 Å². The third kappa shape index (κ3) is 3.80. The number of nitrogens with zero attached hydrogens (tertiary/aromatic N) is 1. The third-order valence-electron chi connectivity index (χ3n) is 3.31. The number of methoxy groups -OCH3 is 1. The number of hydrogen-bond donors (Lipinski definition) is 2. The summed E-state index contributed by atoms with van der Waals surface area (Å²) in [5.74, 6) is -0.832. The number of nitrogens with one attached hydrogen (secondary N) is 2. The Labute approximate surface area is 117 Å². The fourth-order valence-corrected chi connectivity index (χ4v) is 2.19. The Kier molecular flexibility index (Phi) is 5.11. The second-order valence-corrected chi connectivity index (χ2v) is 4.78. The van der Waals surface area contributed by atoms with Gasteiger partial charge >= 0.3 is 5.97 Å². The molecule has 1 aromatic rings. The molecule has 0 saturated carbocycles. The maximum atomic E-state index is 12.1. The molecule has 1 aliphatic heterocycles. The van der Waals surface area contributed by atoms with Gasteiger partial charge in [-0.3, -0.25) is 4.79 Å². The molecule has 7 nitrogen and oxygen atoms in total. The van der Waals surface area contributed by atoms with Crippen molar-refractivity contribution in [3.05, 3.63) is 18.2 Å². The molecule has 1 unspecified atom stereocenters. The van der Waals surface area contributed by atoms with Crippen LogP contribution >= 0.6 is 0 Å². The minimum absolute atomic E-state index is 0.167. The Morgan fingerprint density at radius 2 is 2.50 bits per heavy atom. The van der Waals surface area contributed by atoms with E-state index in [0.717, 1.165) is 18.5 Å². The van der Waals surface area contributed by atoms with Gasteiger partial charge in [0.2, 0.25) is 5.91 Å². The van der Waals surface area contributed by atoms with E-state index in [9.17, 15) is 9.59 Å². The first-order chi connectivity index (χ1) is 9.70. The highest BCUT2D eigenvalue weighted by Crippen LogP contribution is 2.14. The Morgan fingerprint density at radius 3 is 3.10 bits per heavy atom. The number of hydrogen-bond acceptors (Lipinski definition) is 5. The molecule has 1 aliphatic rings. The second kappa shape index (κ2) is 7.04. The predicted octanol–water partition coefficient (Wildman–Crippen LogP) is 0.0366. The van der Waals surface area contributed by atoms with Gasteiger partial charge in [0.1, 0.15) is 6.04 Å². The fraction of sp³-hybridized carbons (Fsp3) is 0.615. The minimum Gasteiger partial charge on any atom is -0.467 e. The van der Waals surface area contributed by atoms with E-state index in [4.69, 9.17) is 9.47 Å². The van der Waals surface area contributed by atoms with E-state index in [1.54, 1.807) is 6.20 Å². The molecule has 0 aliphatic carbocycles. The lowest BCUT2D eigenvalue weighted by molar-refractivity contribution is -0.146. The van der Waals surface area contributed by atoms with E-state index in [0.29, 0.717) is 19.6 Å². The van der Waals surface area contributed by atoms with Crippen molar-refractivity contribution >= 4 is 11.9 Å². The smallest absolute Gasteiger partial charge is 0.328 e. The lowest BCUT2D eigenvalue weighted by Crippen LogP contribution is -2.47. The number of imidazole rings is 1. The van der Waals surface area contributed by atoms with E-state index in [1.165, 1.54) is 13.4 Å². The molecule has 2 heterocycles. The molecule has 1 amide bonds. The van der Waals surface area contributed by atoms with Crippen molar-refractivity contribution in [1.82, 2.24) is 15.3 Å². The molecule has 2 rings (SSSR count). The summed E-state index contributed by atoms with van der Waals surface area (Å²) in [6.45, 7) is 1.10. The van der Waals surface area contributed by atoms with Crippen LogP contribution in [0.1, 0.15) is 18.5 Å². The van der Waals surface area contributed by atoms with Crippen molar-refractivity contribution in [1.29, 1.82) is 0 Å². The standard InChI is InChI=1S/C13H19N3O4/c1-19-13(18)11(5-10-6-14-8-15-10)16-12(17)9-3-2-4-20-7-9/h6,8-9,11H,2-5,7H2,1H3,(H,14,15)(H,16,17)/t9?,11-/m0/s1. The van der Waals surface area contributed by atoms with Crippen LogP contribution in [0.5, 0.6) is 0 Å². The lowest BCUT2D eigenvalue weighted by atomic mass is 10.0. The highest BCUT2D eigenvalue weighted by Gasteiger charge is 2.28. The molecule has 7 heteroatoms. The highest BCUT2D eigenvalue weighted by atomic mass is 16.5. The zero-order valence-electron chi connectivity index (χ0n) is 11.4. The Hall–Kier alpha value is -1.89. The largest absolute Gasteiger partial charge is 0.467 e. The molecule has 1 aromatic heterocycles. The van der Waals surface area contributed by atoms with E-state index in [1.807, 2.05) is 0 Å². The number of aromatic amines is 1. The number of amides is 1. The van der Waals surface area contributed by atoms with Gasteiger partial charge in [0, 0.05) is 24.9 Å². The topological polar surface area (TPSA) is 93.3 Å². The van der Waals surface area contributed by atoms with Gasteiger partial charge in [0.25, 0.3) is 0 Å². The van der Waals surface area contributed by atoms with Gasteiger partial charge in [-0.05, 0) is 12.8 Å². The van der Waals surface area contributed by atoms with E-state index >= 15 is 0 Å². The second-order valence-electron chi connectivity index (χ2n) is 4.78. The van der Waals surface area contributed by atoms with Crippen molar-refractivity contribution < 1.29 is 19.1 Å². The summed E-state index contributed by atoms with van der Waals surface area (Å²) < 4.78 is 10.0. The SMILES string of the molecule is COC(=O)[C@H](Cc1cnc[nH]1)NC(=O)C1CCCOC1. The fourth-order valence-electron chi connectivity index (χ4n) is 2.19. The number of H-pyrrole nitrogens is 1. The first kappa shape index (κ1) is 14.5. The molecule has 20 heavy (non-hydrogen) atoms. The normalized spacial score (nSPS) is 20.1. The summed E-state index contributed by atoms with van der Waals surface area (Å²) in [7, 11) is 1.30. The Balaban J connectivity index is 1.96. The highest BCUT2D eigenvalue weighted by molar-refractivity contribution is 5.86. The average molecular weight is 281 g/mol. The summed E-state index contributed by atoms with van der Waals surface area (Å²) in [6, 6.07) is -0.713. The van der Waals surface area contributed by atoms with Crippen LogP contribution in [0.3, 0.4) is 0 Å². The monoisotopic (exact) mass is 281 g/mol. The first-order valence-corrected chi connectivity index (χ1v) is 6.64. The van der Waals surface area contributed by atoms with Crippen LogP contribution < -0.4 is 5.32 Å². The van der Waals surface area contributed by atoms with Crippen molar-refractivity contribution in [3.63, 3.8) is 0 Å². The summed E-state index contributed by atoms with van der Waals surface area (Å²) in [6.07, 6.45) is 5.11. The molecule has 0 radical (unpaired) electrons. The van der Waals surface area contributed by atoms with Gasteiger partial charge in [0.05, 0.1) is 26.0 Å². The number of esters is 1. The van der Waals surface area contributed by atoms with Crippen LogP contribution in [-0.2, 0) is 25.5 Å². The zero-order valence-corrected chi connectivity index (χ0v) is 11.4. The maximum absolute atomic E-state index is 12.1. The molecule has 1 saturated heterocycles. The van der Waals surface area contributed by atoms with Gasteiger partial charge in [0.15, 0.2) is 0 Å². The summed E-state index contributed by atoms with van der Waals surface area (Å²) >= 11 is 0. The summed E-state index contributed by atoms with van der Waals surface area (Å²) in [4.78, 5) is 30.7. The molecular formula is C13H19N3O4. The third-order valence-corrected chi connectivity index (χ3v) is 3.31. The van der Waals surface area contributed by atoms with Crippen LogP contribution in [0.15, 0.2) is 12.5 Å². The van der Waals surface area contributed by atoms with Gasteiger partial charge in [-0.2, -0.15) is 0 Å². The number of rotatable bonds is 5. The molecule has 1 fully saturated rings. The van der Waals surface area contributed by atoms with Crippen molar-refractivity contribution in [2.75, 3.05) is 20.3 Å². The number of aromatic nitrogens is 2. The summed E-state index contributed by atoms with van der Waals surface area (Å²) in [5.41, 5.74) is 0.764. The first-order valence-electron chi connectivity index (χ1n) is 6.64. The van der Waals surface area contributed by atoms with Crippen LogP contribution in [0.2, 0.25) is 0 Å². The molecule has 2 N–H and O–H groups in total. The summed E-state index contributed by atoms with van der Waals surface area (Å²) in [5, 5.41) is 2.73. The molecule has 0 aromatic carbocycles. The maximum Gasteiger partial charge on any atom is 0.328 e. The van der Waals surface area contributed by atoms with Gasteiger partial charge in [-0.1, -0.05) is 0 Å². The van der Waals surface area contributed by atoms with Crippen LogP contribution in [0, 0.1) is 5.92 Å². The minimum atomic E-state index is -0.713. The number of ether oxygens (including phenoxy) is 2. The van der Waals surface area contributed by atoms with Crippen LogP contribution in [0.4, 0.5) is 0 Å². The molecular weight excluding hydrogens is 262 g/mol. The predicted molar refractivity (Wildman–Crippen MR) is 69.8 cm³/mol. The quantitative estimate of drug-likeness (QED) is 0.743. The van der Waals surface area contributed by atoms with Gasteiger partial charge < -0.3 is 19.8 Å². The van der Waals surface area contributed by atoms with Crippen LogP contribution in [-0.4, -0.2) is 48.2 Å². The Bertz CT molecular complexity index is 440. The van der Waals surface area contributed by atoms with Crippen LogP contribution in [0.25, 0.3) is 0 Å². The number of carbonyl (C=O) groups excluding carboxylic acids is 2. The molecule has 0 bridgehead atoms. The molecule has 2 atom stereocenters. The zero-order chi connectivity index (χ0) is 14.4. The van der Waals surface area contributed by atoms with Gasteiger partial charge in [-0.15, -0.1) is 0 Å². The van der Waals surface area contributed by atoms with Crippen molar-refractivity contribution in [3.8, 4) is 0 Å².